The second-order valence-electron chi connectivity index (χ2n) is 12.4. The van der Waals surface area contributed by atoms with E-state index in [1.165, 1.54) is 15.9 Å². The van der Waals surface area contributed by atoms with Crippen LogP contribution in [0.5, 0.6) is 0 Å². The smallest absolute Gasteiger partial charge is 0.242 e. The van der Waals surface area contributed by atoms with Gasteiger partial charge in [0.25, 0.3) is 0 Å². The van der Waals surface area contributed by atoms with Gasteiger partial charge in [-0.2, -0.15) is 4.72 Å². The summed E-state index contributed by atoms with van der Waals surface area (Å²) in [6.45, 7) is 2.80. The molecule has 3 saturated heterocycles. The molecule has 3 heterocycles. The predicted octanol–water partition coefficient (Wildman–Crippen LogP) is 1.33. The molecule has 3 aliphatic rings. The largest absolute Gasteiger partial charge is 0.341 e. The Balaban J connectivity index is 1.16. The first-order valence-corrected chi connectivity index (χ1v) is 19.1. The lowest BCUT2D eigenvalue weighted by atomic mass is 10.1. The van der Waals surface area contributed by atoms with E-state index in [4.69, 9.17) is 11.6 Å². The molecule has 246 valence electrons. The fourth-order valence-corrected chi connectivity index (χ4v) is 8.65. The van der Waals surface area contributed by atoms with Crippen molar-refractivity contribution in [1.82, 2.24) is 24.3 Å². The maximum absolute atomic E-state index is 13.5. The molecular formula is C30H40ClN5O7S2. The van der Waals surface area contributed by atoms with Crippen molar-refractivity contribution in [3.05, 3.63) is 41.4 Å². The first kappa shape index (κ1) is 33.6. The molecule has 2 aromatic rings. The van der Waals surface area contributed by atoms with Gasteiger partial charge in [0.1, 0.15) is 11.8 Å². The number of hydrogen-bond acceptors (Lipinski definition) is 8. The monoisotopic (exact) mass is 681 g/mol. The van der Waals surface area contributed by atoms with Crippen LogP contribution in [0.25, 0.3) is 10.8 Å². The van der Waals surface area contributed by atoms with Gasteiger partial charge in [-0.3, -0.25) is 19.3 Å². The number of rotatable bonds is 10. The lowest BCUT2D eigenvalue weighted by Crippen LogP contribution is -2.55. The van der Waals surface area contributed by atoms with E-state index < -0.39 is 43.5 Å². The first-order valence-electron chi connectivity index (χ1n) is 15.2. The lowest BCUT2D eigenvalue weighted by Gasteiger charge is -2.35. The predicted molar refractivity (Wildman–Crippen MR) is 171 cm³/mol. The van der Waals surface area contributed by atoms with E-state index in [9.17, 15) is 31.2 Å². The van der Waals surface area contributed by atoms with Crippen molar-refractivity contribution in [1.29, 1.82) is 0 Å². The average molecular weight is 682 g/mol. The van der Waals surface area contributed by atoms with E-state index in [1.807, 2.05) is 4.90 Å². The maximum atomic E-state index is 13.5. The molecule has 15 heteroatoms. The Morgan fingerprint density at radius 3 is 2.44 bits per heavy atom. The summed E-state index contributed by atoms with van der Waals surface area (Å²) in [6.07, 6.45) is 4.34. The number of likely N-dealkylation sites (tertiary alicyclic amines) is 3. The van der Waals surface area contributed by atoms with Crippen molar-refractivity contribution in [3.63, 3.8) is 0 Å². The van der Waals surface area contributed by atoms with Gasteiger partial charge in [0.05, 0.1) is 11.4 Å². The van der Waals surface area contributed by atoms with E-state index in [2.05, 4.69) is 9.62 Å². The van der Waals surface area contributed by atoms with E-state index in [0.29, 0.717) is 49.4 Å². The van der Waals surface area contributed by atoms with Crippen LogP contribution in [0, 0.1) is 0 Å². The summed E-state index contributed by atoms with van der Waals surface area (Å²) in [6, 6.07) is 8.79. The van der Waals surface area contributed by atoms with E-state index in [0.717, 1.165) is 37.4 Å². The van der Waals surface area contributed by atoms with Crippen LogP contribution in [0.15, 0.2) is 41.3 Å². The molecule has 2 aromatic carbocycles. The Morgan fingerprint density at radius 1 is 0.978 bits per heavy atom. The second-order valence-corrected chi connectivity index (χ2v) is 16.7. The number of halogens is 1. The maximum Gasteiger partial charge on any atom is 0.242 e. The summed E-state index contributed by atoms with van der Waals surface area (Å²) >= 11 is 6.04. The van der Waals surface area contributed by atoms with Crippen LogP contribution in [-0.4, -0.2) is 131 Å². The minimum Gasteiger partial charge on any atom is -0.341 e. The SMILES string of the molecule is CN(C(=O)CS(C)(=O)=O)C1CCN(CC2CCCN2C(=O)CN2CCCC(NS(=O)(=O)c3ccc4cc(Cl)ccc4c3)C2=O)C1. The van der Waals surface area contributed by atoms with Crippen molar-refractivity contribution in [2.45, 2.75) is 55.1 Å². The molecule has 0 bridgehead atoms. The summed E-state index contributed by atoms with van der Waals surface area (Å²) in [7, 11) is -5.77. The highest BCUT2D eigenvalue weighted by molar-refractivity contribution is 7.91. The van der Waals surface area contributed by atoms with Crippen LogP contribution in [0.3, 0.4) is 0 Å². The third kappa shape index (κ3) is 8.15. The zero-order valence-electron chi connectivity index (χ0n) is 25.5. The van der Waals surface area contributed by atoms with Crippen molar-refractivity contribution in [2.24, 2.45) is 0 Å². The third-order valence-electron chi connectivity index (χ3n) is 8.98. The fraction of sp³-hybridized carbons (Fsp3) is 0.567. The molecular weight excluding hydrogens is 642 g/mol. The van der Waals surface area contributed by atoms with E-state index >= 15 is 0 Å². The number of fused-ring (bicyclic) bond motifs is 1. The minimum atomic E-state index is -4.00. The number of likely N-dealkylation sites (N-methyl/N-ethyl adjacent to an activating group) is 1. The molecule has 0 radical (unpaired) electrons. The van der Waals surface area contributed by atoms with Gasteiger partial charge in [0.2, 0.25) is 27.7 Å². The van der Waals surface area contributed by atoms with Crippen LogP contribution in [0.4, 0.5) is 0 Å². The molecule has 0 aliphatic carbocycles. The summed E-state index contributed by atoms with van der Waals surface area (Å²) < 4.78 is 52.1. The Hall–Kier alpha value is -2.78. The number of amides is 3. The van der Waals surface area contributed by atoms with Gasteiger partial charge in [-0.1, -0.05) is 23.7 Å². The van der Waals surface area contributed by atoms with Gasteiger partial charge in [-0.15, -0.1) is 0 Å². The molecule has 3 unspecified atom stereocenters. The van der Waals surface area contributed by atoms with Crippen molar-refractivity contribution < 1.29 is 31.2 Å². The van der Waals surface area contributed by atoms with Crippen molar-refractivity contribution in [3.8, 4) is 0 Å². The number of hydrogen-bond donors (Lipinski definition) is 1. The number of nitrogens with one attached hydrogen (secondary N) is 1. The highest BCUT2D eigenvalue weighted by atomic mass is 35.5. The summed E-state index contributed by atoms with van der Waals surface area (Å²) in [4.78, 5) is 46.2. The summed E-state index contributed by atoms with van der Waals surface area (Å²) in [5.41, 5.74) is 0. The van der Waals surface area contributed by atoms with Gasteiger partial charge in [-0.05, 0) is 67.1 Å². The Labute approximate surface area is 269 Å². The number of carbonyl (C=O) groups excluding carboxylic acids is 3. The second kappa shape index (κ2) is 13.5. The highest BCUT2D eigenvalue weighted by Gasteiger charge is 2.38. The van der Waals surface area contributed by atoms with Gasteiger partial charge in [0.15, 0.2) is 9.84 Å². The van der Waals surface area contributed by atoms with Crippen molar-refractivity contribution in [2.75, 3.05) is 58.3 Å². The van der Waals surface area contributed by atoms with Crippen LogP contribution in [0.1, 0.15) is 32.1 Å². The molecule has 5 rings (SSSR count). The molecule has 0 spiro atoms. The molecule has 0 saturated carbocycles. The Morgan fingerprint density at radius 2 is 1.69 bits per heavy atom. The fourth-order valence-electron chi connectivity index (χ4n) is 6.55. The summed E-state index contributed by atoms with van der Waals surface area (Å²) in [5, 5.41) is 2.06. The van der Waals surface area contributed by atoms with Gasteiger partial charge in [0, 0.05) is 63.1 Å². The van der Waals surface area contributed by atoms with Gasteiger partial charge >= 0.3 is 0 Å². The topological polar surface area (TPSA) is 144 Å². The molecule has 12 nitrogen and oxygen atoms in total. The molecule has 3 amide bonds. The molecule has 0 aromatic heterocycles. The van der Waals surface area contributed by atoms with Crippen LogP contribution in [0.2, 0.25) is 5.02 Å². The number of carbonyl (C=O) groups is 3. The van der Waals surface area contributed by atoms with Crippen molar-refractivity contribution >= 4 is 60.0 Å². The summed E-state index contributed by atoms with van der Waals surface area (Å²) in [5.74, 6) is -1.51. The molecule has 3 aliphatic heterocycles. The highest BCUT2D eigenvalue weighted by Crippen LogP contribution is 2.25. The van der Waals surface area contributed by atoms with Gasteiger partial charge in [-0.25, -0.2) is 16.8 Å². The van der Waals surface area contributed by atoms with E-state index in [-0.39, 0.29) is 29.4 Å². The molecule has 3 atom stereocenters. The standard InChI is InChI=1S/C30H40ClN5O7S2/c1-33(29(38)20-44(2,40)41)24-11-14-34(17-24)18-25-5-3-13-36(25)28(37)19-35-12-4-6-27(30(35)39)32-45(42,43)26-10-8-21-15-23(31)9-7-22(21)16-26/h7-10,15-16,24-25,27,32H,3-6,11-14,17-20H2,1-2H3. The third-order valence-corrected chi connectivity index (χ3v) is 11.5. The van der Waals surface area contributed by atoms with Gasteiger partial charge < -0.3 is 14.7 Å². The lowest BCUT2D eigenvalue weighted by molar-refractivity contribution is -0.143. The quantitative estimate of drug-likeness (QED) is 0.396. The zero-order valence-corrected chi connectivity index (χ0v) is 27.9. The molecule has 1 N–H and O–H groups in total. The minimum absolute atomic E-state index is 0.0368. The van der Waals surface area contributed by atoms with Crippen LogP contribution >= 0.6 is 11.6 Å². The molecule has 3 fully saturated rings. The number of piperidine rings is 1. The van der Waals surface area contributed by atoms with Crippen LogP contribution < -0.4 is 4.72 Å². The molecule has 45 heavy (non-hydrogen) atoms. The van der Waals surface area contributed by atoms with Crippen LogP contribution in [-0.2, 0) is 34.2 Å². The number of nitrogens with zero attached hydrogens (tertiary/aromatic N) is 4. The first-order chi connectivity index (χ1) is 21.2. The Bertz CT molecular complexity index is 1690. The normalized spacial score (nSPS) is 23.2. The number of sulfonamides is 1. The Kier molecular flexibility index (Phi) is 10.1. The average Bonchev–Trinajstić information content (AvgIpc) is 3.63. The number of sulfone groups is 1. The van der Waals surface area contributed by atoms with E-state index in [1.54, 1.807) is 37.4 Å². The zero-order chi connectivity index (χ0) is 32.5. The number of benzene rings is 2.